The molecule has 27 heavy (non-hydrogen) atoms. The van der Waals surface area contributed by atoms with Crippen molar-refractivity contribution in [1.82, 2.24) is 15.0 Å². The molecule has 8 heteroatoms. The lowest BCUT2D eigenvalue weighted by molar-refractivity contribution is -0.137. The highest BCUT2D eigenvalue weighted by atomic mass is 35.5. The van der Waals surface area contributed by atoms with Crippen LogP contribution in [0, 0.1) is 0 Å². The van der Waals surface area contributed by atoms with E-state index in [4.69, 9.17) is 11.6 Å². The Kier molecular flexibility index (Phi) is 4.24. The van der Waals surface area contributed by atoms with E-state index in [0.29, 0.717) is 27.7 Å². The SMILES string of the molecule is FC(F)(F)c1cccc(Nc2nccc3[nH]c(-c4ccccc4Cl)nc23)c1. The van der Waals surface area contributed by atoms with Crippen molar-refractivity contribution in [3.63, 3.8) is 0 Å². The highest BCUT2D eigenvalue weighted by Crippen LogP contribution is 2.33. The molecule has 0 amide bonds. The minimum absolute atomic E-state index is 0.270. The third-order valence-electron chi connectivity index (χ3n) is 3.98. The molecule has 2 aromatic carbocycles. The molecule has 0 unspecified atom stereocenters. The summed E-state index contributed by atoms with van der Waals surface area (Å²) in [6.07, 6.45) is -2.87. The Bertz CT molecular complexity index is 1120. The van der Waals surface area contributed by atoms with Crippen LogP contribution in [0.2, 0.25) is 5.02 Å². The first-order valence-corrected chi connectivity index (χ1v) is 8.33. The first kappa shape index (κ1) is 17.4. The molecule has 2 aromatic heterocycles. The van der Waals surface area contributed by atoms with Gasteiger partial charge in [0.2, 0.25) is 0 Å². The number of hydrogen-bond donors (Lipinski definition) is 2. The van der Waals surface area contributed by atoms with E-state index in [1.807, 2.05) is 18.2 Å². The number of fused-ring (bicyclic) bond motifs is 1. The summed E-state index contributed by atoms with van der Waals surface area (Å²) in [7, 11) is 0. The fraction of sp³-hybridized carbons (Fsp3) is 0.0526. The molecule has 0 fully saturated rings. The van der Waals surface area contributed by atoms with Gasteiger partial charge < -0.3 is 10.3 Å². The average molecular weight is 389 g/mol. The Morgan fingerprint density at radius 2 is 1.81 bits per heavy atom. The molecular weight excluding hydrogens is 377 g/mol. The lowest BCUT2D eigenvalue weighted by Gasteiger charge is -2.10. The standard InChI is InChI=1S/C19H12ClF3N4/c20-14-7-2-1-6-13(14)17-26-15-8-9-24-18(16(15)27-17)25-12-5-3-4-11(10-12)19(21,22)23/h1-10H,(H,24,25)(H,26,27). The number of pyridine rings is 1. The number of benzene rings is 2. The van der Waals surface area contributed by atoms with Gasteiger partial charge in [-0.2, -0.15) is 13.2 Å². The Morgan fingerprint density at radius 3 is 2.59 bits per heavy atom. The molecule has 0 saturated carbocycles. The third kappa shape index (κ3) is 3.46. The van der Waals surface area contributed by atoms with Gasteiger partial charge in [0.25, 0.3) is 0 Å². The van der Waals surface area contributed by atoms with E-state index >= 15 is 0 Å². The van der Waals surface area contributed by atoms with E-state index in [1.165, 1.54) is 12.1 Å². The van der Waals surface area contributed by atoms with Crippen molar-refractivity contribution in [1.29, 1.82) is 0 Å². The van der Waals surface area contributed by atoms with Crippen molar-refractivity contribution in [3.8, 4) is 11.4 Å². The Morgan fingerprint density at radius 1 is 1.00 bits per heavy atom. The predicted octanol–water partition coefficient (Wildman–Crippen LogP) is 6.04. The second kappa shape index (κ2) is 6.59. The van der Waals surface area contributed by atoms with Crippen molar-refractivity contribution in [3.05, 3.63) is 71.4 Å². The van der Waals surface area contributed by atoms with E-state index in [9.17, 15) is 13.2 Å². The first-order chi connectivity index (χ1) is 12.9. The molecule has 0 aliphatic carbocycles. The van der Waals surface area contributed by atoms with Gasteiger partial charge in [-0.1, -0.05) is 29.8 Å². The number of aromatic nitrogens is 3. The number of halogens is 4. The summed E-state index contributed by atoms with van der Waals surface area (Å²) in [4.78, 5) is 11.9. The van der Waals surface area contributed by atoms with Crippen LogP contribution in [0.5, 0.6) is 0 Å². The molecule has 0 aliphatic heterocycles. The lowest BCUT2D eigenvalue weighted by atomic mass is 10.2. The van der Waals surface area contributed by atoms with Gasteiger partial charge in [0.15, 0.2) is 5.82 Å². The van der Waals surface area contributed by atoms with Crippen LogP contribution in [0.3, 0.4) is 0 Å². The molecule has 0 spiro atoms. The largest absolute Gasteiger partial charge is 0.416 e. The minimum atomic E-state index is -4.42. The molecule has 4 rings (SSSR count). The average Bonchev–Trinajstić information content (AvgIpc) is 3.07. The van der Waals surface area contributed by atoms with Gasteiger partial charge in [-0.25, -0.2) is 9.97 Å². The van der Waals surface area contributed by atoms with Gasteiger partial charge in [-0.15, -0.1) is 0 Å². The molecule has 2 heterocycles. The fourth-order valence-electron chi connectivity index (χ4n) is 2.72. The van der Waals surface area contributed by atoms with E-state index in [0.717, 1.165) is 17.7 Å². The van der Waals surface area contributed by atoms with Crippen LogP contribution in [0.4, 0.5) is 24.7 Å². The van der Waals surface area contributed by atoms with Crippen LogP contribution >= 0.6 is 11.6 Å². The number of rotatable bonds is 3. The van der Waals surface area contributed by atoms with Crippen LogP contribution in [0.15, 0.2) is 60.8 Å². The van der Waals surface area contributed by atoms with Crippen molar-refractivity contribution in [2.45, 2.75) is 6.18 Å². The van der Waals surface area contributed by atoms with E-state index in [-0.39, 0.29) is 5.69 Å². The van der Waals surface area contributed by atoms with Crippen molar-refractivity contribution < 1.29 is 13.2 Å². The number of anilines is 2. The normalized spacial score (nSPS) is 11.7. The van der Waals surface area contributed by atoms with E-state index < -0.39 is 11.7 Å². The van der Waals surface area contributed by atoms with Crippen LogP contribution in [-0.4, -0.2) is 15.0 Å². The maximum Gasteiger partial charge on any atom is 0.416 e. The number of alkyl halides is 3. The smallest absolute Gasteiger partial charge is 0.338 e. The van der Waals surface area contributed by atoms with Crippen molar-refractivity contribution in [2.75, 3.05) is 5.32 Å². The molecular formula is C19H12ClF3N4. The molecule has 0 bridgehead atoms. The number of aromatic amines is 1. The van der Waals surface area contributed by atoms with E-state index in [2.05, 4.69) is 20.3 Å². The summed E-state index contributed by atoms with van der Waals surface area (Å²) in [5.41, 5.74) is 1.45. The highest BCUT2D eigenvalue weighted by molar-refractivity contribution is 6.33. The Labute approximate surface area is 157 Å². The Balaban J connectivity index is 1.74. The van der Waals surface area contributed by atoms with Gasteiger partial charge in [0.1, 0.15) is 11.3 Å². The first-order valence-electron chi connectivity index (χ1n) is 7.96. The number of imidazole rings is 1. The lowest BCUT2D eigenvalue weighted by Crippen LogP contribution is -2.05. The van der Waals surface area contributed by atoms with Gasteiger partial charge in [0, 0.05) is 17.4 Å². The summed E-state index contributed by atoms with van der Waals surface area (Å²) in [6.45, 7) is 0. The number of nitrogens with zero attached hydrogens (tertiary/aromatic N) is 2. The summed E-state index contributed by atoms with van der Waals surface area (Å²) in [6, 6.07) is 13.9. The molecule has 0 atom stereocenters. The highest BCUT2D eigenvalue weighted by Gasteiger charge is 2.30. The van der Waals surface area contributed by atoms with Gasteiger partial charge in [-0.3, -0.25) is 0 Å². The van der Waals surface area contributed by atoms with Crippen LogP contribution < -0.4 is 5.32 Å². The Hall–Kier alpha value is -3.06. The number of H-pyrrole nitrogens is 1. The van der Waals surface area contributed by atoms with E-state index in [1.54, 1.807) is 18.3 Å². The van der Waals surface area contributed by atoms with Gasteiger partial charge in [0.05, 0.1) is 16.1 Å². The quantitative estimate of drug-likeness (QED) is 0.450. The zero-order valence-electron chi connectivity index (χ0n) is 13.7. The monoisotopic (exact) mass is 388 g/mol. The fourth-order valence-corrected chi connectivity index (χ4v) is 2.94. The minimum Gasteiger partial charge on any atom is -0.338 e. The molecule has 4 aromatic rings. The molecule has 2 N–H and O–H groups in total. The summed E-state index contributed by atoms with van der Waals surface area (Å²) in [5.74, 6) is 0.900. The second-order valence-electron chi connectivity index (χ2n) is 5.82. The van der Waals surface area contributed by atoms with Crippen molar-refractivity contribution >= 4 is 34.1 Å². The van der Waals surface area contributed by atoms with Crippen LogP contribution in [0.1, 0.15) is 5.56 Å². The summed E-state index contributed by atoms with van der Waals surface area (Å²) < 4.78 is 38.7. The molecule has 136 valence electrons. The van der Waals surface area contributed by atoms with Gasteiger partial charge in [-0.05, 0) is 36.4 Å². The molecule has 0 aliphatic rings. The van der Waals surface area contributed by atoms with Crippen molar-refractivity contribution in [2.24, 2.45) is 0 Å². The zero-order valence-corrected chi connectivity index (χ0v) is 14.4. The topological polar surface area (TPSA) is 53.6 Å². The predicted molar refractivity (Wildman–Crippen MR) is 99.1 cm³/mol. The molecule has 0 saturated heterocycles. The third-order valence-corrected chi connectivity index (χ3v) is 4.31. The zero-order chi connectivity index (χ0) is 19.0. The van der Waals surface area contributed by atoms with Gasteiger partial charge >= 0.3 is 6.18 Å². The maximum absolute atomic E-state index is 12.9. The maximum atomic E-state index is 12.9. The summed E-state index contributed by atoms with van der Waals surface area (Å²) >= 11 is 6.22. The molecule has 4 nitrogen and oxygen atoms in total. The number of nitrogens with one attached hydrogen (secondary N) is 2. The molecule has 0 radical (unpaired) electrons. The number of hydrogen-bond acceptors (Lipinski definition) is 3. The second-order valence-corrected chi connectivity index (χ2v) is 6.23. The summed E-state index contributed by atoms with van der Waals surface area (Å²) in [5, 5.41) is 3.45. The van der Waals surface area contributed by atoms with Crippen LogP contribution in [0.25, 0.3) is 22.4 Å². The van der Waals surface area contributed by atoms with Crippen LogP contribution in [-0.2, 0) is 6.18 Å².